The molecule has 0 saturated carbocycles. The van der Waals surface area contributed by atoms with E-state index in [0.29, 0.717) is 16.5 Å². The molecule has 0 spiro atoms. The molecule has 0 aliphatic carbocycles. The van der Waals surface area contributed by atoms with E-state index < -0.39 is 6.04 Å². The zero-order valence-electron chi connectivity index (χ0n) is 13.7. The van der Waals surface area contributed by atoms with Gasteiger partial charge in [-0.05, 0) is 43.7 Å². The number of fused-ring (bicyclic) bond motifs is 1. The second-order valence-electron chi connectivity index (χ2n) is 5.74. The van der Waals surface area contributed by atoms with Gasteiger partial charge in [-0.2, -0.15) is 0 Å². The van der Waals surface area contributed by atoms with Gasteiger partial charge < -0.3 is 15.8 Å². The Morgan fingerprint density at radius 2 is 2.16 bits per heavy atom. The van der Waals surface area contributed by atoms with E-state index in [2.05, 4.69) is 10.3 Å². The summed E-state index contributed by atoms with van der Waals surface area (Å²) in [4.78, 5) is 30.3. The number of pyridine rings is 1. The van der Waals surface area contributed by atoms with Gasteiger partial charge in [-0.15, -0.1) is 0 Å². The zero-order chi connectivity index (χ0) is 18.1. The summed E-state index contributed by atoms with van der Waals surface area (Å²) >= 11 is 6.08. The summed E-state index contributed by atoms with van der Waals surface area (Å²) in [5.74, 6) is 0.146. The van der Waals surface area contributed by atoms with Crippen molar-refractivity contribution in [2.45, 2.75) is 19.9 Å². The summed E-state index contributed by atoms with van der Waals surface area (Å²) in [7, 11) is 0. The Morgan fingerprint density at radius 3 is 2.88 bits per heavy atom. The molecular formula is C17H17ClN4O3. The number of anilines is 3. The van der Waals surface area contributed by atoms with Crippen molar-refractivity contribution in [3.05, 3.63) is 40.9 Å². The highest BCUT2D eigenvalue weighted by Gasteiger charge is 2.34. The summed E-state index contributed by atoms with van der Waals surface area (Å²) in [5.41, 5.74) is 7.16. The maximum atomic E-state index is 12.6. The number of hydrogen-bond donors (Lipinski definition) is 2. The molecule has 2 aromatic rings. The van der Waals surface area contributed by atoms with Crippen LogP contribution in [0.2, 0.25) is 5.02 Å². The average molecular weight is 361 g/mol. The van der Waals surface area contributed by atoms with E-state index in [0.717, 1.165) is 5.56 Å². The molecule has 1 aliphatic rings. The van der Waals surface area contributed by atoms with Crippen LogP contribution in [0.4, 0.5) is 17.3 Å². The van der Waals surface area contributed by atoms with Gasteiger partial charge in [0.1, 0.15) is 11.9 Å². The number of hydrogen-bond acceptors (Lipinski definition) is 5. The number of benzene rings is 1. The van der Waals surface area contributed by atoms with Crippen molar-refractivity contribution in [2.24, 2.45) is 0 Å². The summed E-state index contributed by atoms with van der Waals surface area (Å²) in [6.45, 7) is 3.32. The number of halogens is 1. The number of carbonyl (C=O) groups excluding carboxylic acids is 2. The molecule has 8 heteroatoms. The van der Waals surface area contributed by atoms with Crippen LogP contribution in [0.5, 0.6) is 5.75 Å². The highest BCUT2D eigenvalue weighted by atomic mass is 35.5. The summed E-state index contributed by atoms with van der Waals surface area (Å²) < 4.78 is 5.34. The van der Waals surface area contributed by atoms with Crippen molar-refractivity contribution < 1.29 is 14.3 Å². The molecule has 0 saturated heterocycles. The molecule has 130 valence electrons. The van der Waals surface area contributed by atoms with Gasteiger partial charge in [-0.1, -0.05) is 17.7 Å². The number of carbonyl (C=O) groups is 2. The third kappa shape index (κ3) is 3.36. The van der Waals surface area contributed by atoms with E-state index in [4.69, 9.17) is 22.1 Å². The SMILES string of the molecule is Cc1ccc(NC(=O)C(C)N2C(=O)COc3ccc(N)nc32)cc1Cl. The Kier molecular flexibility index (Phi) is 4.50. The minimum Gasteiger partial charge on any atom is -0.480 e. The Bertz CT molecular complexity index is 856. The molecule has 1 unspecified atom stereocenters. The molecule has 0 fully saturated rings. The van der Waals surface area contributed by atoms with Crippen LogP contribution in [-0.4, -0.2) is 29.4 Å². The number of ether oxygens (including phenoxy) is 1. The fraction of sp³-hybridized carbons (Fsp3) is 0.235. The molecule has 3 rings (SSSR count). The molecule has 1 aliphatic heterocycles. The second kappa shape index (κ2) is 6.60. The highest BCUT2D eigenvalue weighted by Crippen LogP contribution is 2.32. The number of nitrogen functional groups attached to an aromatic ring is 1. The van der Waals surface area contributed by atoms with Crippen LogP contribution in [0.25, 0.3) is 0 Å². The van der Waals surface area contributed by atoms with E-state index in [9.17, 15) is 9.59 Å². The molecule has 3 N–H and O–H groups in total. The van der Waals surface area contributed by atoms with Crippen molar-refractivity contribution in [3.63, 3.8) is 0 Å². The van der Waals surface area contributed by atoms with Crippen molar-refractivity contribution in [1.82, 2.24) is 4.98 Å². The van der Waals surface area contributed by atoms with Crippen molar-refractivity contribution in [2.75, 3.05) is 22.6 Å². The number of rotatable bonds is 3. The van der Waals surface area contributed by atoms with E-state index in [1.54, 1.807) is 37.3 Å². The van der Waals surface area contributed by atoms with Gasteiger partial charge in [-0.3, -0.25) is 14.5 Å². The summed E-state index contributed by atoms with van der Waals surface area (Å²) in [5, 5.41) is 3.30. The predicted molar refractivity (Wildman–Crippen MR) is 95.9 cm³/mol. The van der Waals surface area contributed by atoms with E-state index in [1.165, 1.54) is 4.90 Å². The minimum absolute atomic E-state index is 0.160. The molecule has 25 heavy (non-hydrogen) atoms. The Balaban J connectivity index is 1.85. The fourth-order valence-corrected chi connectivity index (χ4v) is 2.68. The van der Waals surface area contributed by atoms with Crippen LogP contribution in [0.15, 0.2) is 30.3 Å². The lowest BCUT2D eigenvalue weighted by molar-refractivity contribution is -0.125. The number of nitrogens with two attached hydrogens (primary N) is 1. The Labute approximate surface area is 149 Å². The first-order valence-corrected chi connectivity index (χ1v) is 8.03. The Morgan fingerprint density at radius 1 is 1.40 bits per heavy atom. The van der Waals surface area contributed by atoms with E-state index in [-0.39, 0.29) is 30.1 Å². The van der Waals surface area contributed by atoms with Crippen LogP contribution in [0.1, 0.15) is 12.5 Å². The van der Waals surface area contributed by atoms with Gasteiger partial charge in [0.2, 0.25) is 5.91 Å². The van der Waals surface area contributed by atoms with Gasteiger partial charge >= 0.3 is 0 Å². The molecule has 2 heterocycles. The second-order valence-corrected chi connectivity index (χ2v) is 6.15. The normalized spacial score (nSPS) is 14.5. The maximum Gasteiger partial charge on any atom is 0.266 e. The first-order chi connectivity index (χ1) is 11.9. The monoisotopic (exact) mass is 360 g/mol. The quantitative estimate of drug-likeness (QED) is 0.875. The first-order valence-electron chi connectivity index (χ1n) is 7.65. The van der Waals surface area contributed by atoms with Gasteiger partial charge in [0.25, 0.3) is 5.91 Å². The third-order valence-electron chi connectivity index (χ3n) is 3.91. The van der Waals surface area contributed by atoms with Gasteiger partial charge in [0, 0.05) is 10.7 Å². The lowest BCUT2D eigenvalue weighted by Gasteiger charge is -2.32. The molecule has 7 nitrogen and oxygen atoms in total. The zero-order valence-corrected chi connectivity index (χ0v) is 14.5. The van der Waals surface area contributed by atoms with Crippen molar-refractivity contribution in [3.8, 4) is 5.75 Å². The average Bonchev–Trinajstić information content (AvgIpc) is 2.57. The summed E-state index contributed by atoms with van der Waals surface area (Å²) in [6, 6.07) is 7.61. The van der Waals surface area contributed by atoms with E-state index in [1.807, 2.05) is 6.92 Å². The molecule has 1 aromatic heterocycles. The van der Waals surface area contributed by atoms with Crippen LogP contribution in [0, 0.1) is 6.92 Å². The molecule has 0 radical (unpaired) electrons. The van der Waals surface area contributed by atoms with Crippen molar-refractivity contribution in [1.29, 1.82) is 0 Å². The number of aryl methyl sites for hydroxylation is 1. The lowest BCUT2D eigenvalue weighted by atomic mass is 10.2. The standard InChI is InChI=1S/C17H17ClN4O3/c1-9-3-4-11(7-12(9)18)20-17(24)10(2)22-15(23)8-25-13-5-6-14(19)21-16(13)22/h3-7,10H,8H2,1-2H3,(H2,19,21)(H,20,24). The number of nitrogens with one attached hydrogen (secondary N) is 1. The topological polar surface area (TPSA) is 97.5 Å². The molecule has 0 bridgehead atoms. The van der Waals surface area contributed by atoms with Crippen LogP contribution in [-0.2, 0) is 9.59 Å². The lowest BCUT2D eigenvalue weighted by Crippen LogP contribution is -2.50. The van der Waals surface area contributed by atoms with Gasteiger partial charge in [0.05, 0.1) is 0 Å². The summed E-state index contributed by atoms with van der Waals surface area (Å²) in [6.07, 6.45) is 0. The molecule has 1 aromatic carbocycles. The smallest absolute Gasteiger partial charge is 0.266 e. The molecular weight excluding hydrogens is 344 g/mol. The molecule has 2 amide bonds. The van der Waals surface area contributed by atoms with Gasteiger partial charge in [0.15, 0.2) is 18.2 Å². The van der Waals surface area contributed by atoms with Crippen molar-refractivity contribution >= 4 is 40.7 Å². The number of aromatic nitrogens is 1. The van der Waals surface area contributed by atoms with Crippen LogP contribution >= 0.6 is 11.6 Å². The minimum atomic E-state index is -0.801. The fourth-order valence-electron chi connectivity index (χ4n) is 2.50. The third-order valence-corrected chi connectivity index (χ3v) is 4.32. The van der Waals surface area contributed by atoms with Gasteiger partial charge in [-0.25, -0.2) is 4.98 Å². The van der Waals surface area contributed by atoms with Crippen LogP contribution < -0.4 is 20.7 Å². The first kappa shape index (κ1) is 17.0. The largest absolute Gasteiger partial charge is 0.480 e. The van der Waals surface area contributed by atoms with Crippen LogP contribution in [0.3, 0.4) is 0 Å². The molecule has 1 atom stereocenters. The predicted octanol–water partition coefficient (Wildman–Crippen LogP) is 2.38. The Hall–Kier alpha value is -2.80. The number of amides is 2. The maximum absolute atomic E-state index is 12.6. The number of nitrogens with zero attached hydrogens (tertiary/aromatic N) is 2. The van der Waals surface area contributed by atoms with E-state index >= 15 is 0 Å². The highest BCUT2D eigenvalue weighted by molar-refractivity contribution is 6.31.